The summed E-state index contributed by atoms with van der Waals surface area (Å²) in [7, 11) is -2.84. The Bertz CT molecular complexity index is 497. The number of benzene rings is 1. The molecule has 16 heavy (non-hydrogen) atoms. The summed E-state index contributed by atoms with van der Waals surface area (Å²) in [5.41, 5.74) is 8.45. The second-order valence-electron chi connectivity index (χ2n) is 4.34. The van der Waals surface area contributed by atoms with E-state index in [1.54, 1.807) is 0 Å². The van der Waals surface area contributed by atoms with Crippen molar-refractivity contribution >= 4 is 21.2 Å². The third-order valence-electron chi connectivity index (χ3n) is 2.80. The lowest BCUT2D eigenvalue weighted by Crippen LogP contribution is -2.21. The molecule has 88 valence electrons. The van der Waals surface area contributed by atoms with Gasteiger partial charge in [-0.05, 0) is 31.0 Å². The van der Waals surface area contributed by atoms with E-state index in [9.17, 15) is 8.42 Å². The van der Waals surface area contributed by atoms with E-state index >= 15 is 0 Å². The first-order valence-corrected chi connectivity index (χ1v) is 7.11. The van der Waals surface area contributed by atoms with Crippen molar-refractivity contribution in [2.45, 2.75) is 19.4 Å². The Balaban J connectivity index is 2.11. The van der Waals surface area contributed by atoms with Gasteiger partial charge in [-0.1, -0.05) is 6.07 Å². The summed E-state index contributed by atoms with van der Waals surface area (Å²) >= 11 is 0. The summed E-state index contributed by atoms with van der Waals surface area (Å²) in [4.78, 5) is 0. The highest BCUT2D eigenvalue weighted by Crippen LogP contribution is 2.23. The number of hydrogen-bond donors (Lipinski definition) is 2. The van der Waals surface area contributed by atoms with E-state index in [-0.39, 0.29) is 17.5 Å². The van der Waals surface area contributed by atoms with Gasteiger partial charge in [0, 0.05) is 6.04 Å². The normalized spacial score (nSPS) is 23.2. The molecular formula is C11H16N2O2S. The number of hydrogen-bond acceptors (Lipinski definition) is 4. The topological polar surface area (TPSA) is 72.2 Å². The largest absolute Gasteiger partial charge is 0.397 e. The summed E-state index contributed by atoms with van der Waals surface area (Å²) in [6.07, 6.45) is 0.662. The van der Waals surface area contributed by atoms with Gasteiger partial charge in [-0.2, -0.15) is 0 Å². The van der Waals surface area contributed by atoms with Gasteiger partial charge in [0.05, 0.1) is 22.9 Å². The van der Waals surface area contributed by atoms with Crippen LogP contribution in [0.5, 0.6) is 0 Å². The van der Waals surface area contributed by atoms with Gasteiger partial charge in [-0.25, -0.2) is 8.42 Å². The Morgan fingerprint density at radius 2 is 2.19 bits per heavy atom. The maximum atomic E-state index is 11.3. The van der Waals surface area contributed by atoms with Crippen LogP contribution in [-0.2, 0) is 9.84 Å². The fraction of sp³-hybridized carbons (Fsp3) is 0.455. The molecule has 1 fully saturated rings. The molecule has 1 saturated heterocycles. The van der Waals surface area contributed by atoms with Gasteiger partial charge in [0.25, 0.3) is 0 Å². The lowest BCUT2D eigenvalue weighted by Gasteiger charge is -2.14. The molecule has 4 nitrogen and oxygen atoms in total. The second-order valence-corrected chi connectivity index (χ2v) is 6.56. The summed E-state index contributed by atoms with van der Waals surface area (Å²) in [5, 5.41) is 3.19. The predicted molar refractivity (Wildman–Crippen MR) is 66.3 cm³/mol. The minimum atomic E-state index is -2.84. The van der Waals surface area contributed by atoms with Crippen molar-refractivity contribution in [1.29, 1.82) is 0 Å². The van der Waals surface area contributed by atoms with Gasteiger partial charge in [-0.15, -0.1) is 0 Å². The zero-order valence-corrected chi connectivity index (χ0v) is 10.0. The number of aryl methyl sites for hydroxylation is 1. The molecule has 0 spiro atoms. The van der Waals surface area contributed by atoms with Crippen LogP contribution in [0.15, 0.2) is 18.2 Å². The molecular weight excluding hydrogens is 224 g/mol. The Hall–Kier alpha value is -1.23. The van der Waals surface area contributed by atoms with Crippen molar-refractivity contribution in [2.75, 3.05) is 22.6 Å². The van der Waals surface area contributed by atoms with E-state index in [2.05, 4.69) is 5.32 Å². The van der Waals surface area contributed by atoms with E-state index < -0.39 is 9.84 Å². The molecule has 1 aromatic rings. The van der Waals surface area contributed by atoms with E-state index in [1.165, 1.54) is 0 Å². The molecule has 2 rings (SSSR count). The van der Waals surface area contributed by atoms with Crippen LogP contribution in [0.1, 0.15) is 12.0 Å². The maximum Gasteiger partial charge on any atom is 0.152 e. The first-order chi connectivity index (χ1) is 7.46. The molecule has 0 bridgehead atoms. The molecule has 5 heteroatoms. The second kappa shape index (κ2) is 3.97. The van der Waals surface area contributed by atoms with Gasteiger partial charge < -0.3 is 11.1 Å². The van der Waals surface area contributed by atoms with Crippen molar-refractivity contribution in [3.8, 4) is 0 Å². The van der Waals surface area contributed by atoms with Crippen molar-refractivity contribution in [2.24, 2.45) is 0 Å². The molecule has 1 atom stereocenters. The van der Waals surface area contributed by atoms with Crippen LogP contribution < -0.4 is 11.1 Å². The van der Waals surface area contributed by atoms with E-state index in [1.807, 2.05) is 25.1 Å². The lowest BCUT2D eigenvalue weighted by molar-refractivity contribution is 0.602. The highest BCUT2D eigenvalue weighted by Gasteiger charge is 2.27. The highest BCUT2D eigenvalue weighted by atomic mass is 32.2. The summed E-state index contributed by atoms with van der Waals surface area (Å²) in [5.74, 6) is 0.483. The number of anilines is 2. The molecule has 0 aromatic heterocycles. The molecule has 0 aliphatic carbocycles. The van der Waals surface area contributed by atoms with E-state index in [0.29, 0.717) is 12.1 Å². The van der Waals surface area contributed by atoms with Crippen LogP contribution in [-0.4, -0.2) is 26.0 Å². The maximum absolute atomic E-state index is 11.3. The van der Waals surface area contributed by atoms with Crippen molar-refractivity contribution in [3.05, 3.63) is 23.8 Å². The summed E-state index contributed by atoms with van der Waals surface area (Å²) in [6, 6.07) is 5.73. The molecule has 0 radical (unpaired) electrons. The SMILES string of the molecule is Cc1ccc(NC2CCS(=O)(=O)C2)c(N)c1. The number of sulfone groups is 1. The average molecular weight is 240 g/mol. The molecule has 1 unspecified atom stereocenters. The van der Waals surface area contributed by atoms with Crippen LogP contribution in [0.3, 0.4) is 0 Å². The molecule has 1 aliphatic rings. The zero-order chi connectivity index (χ0) is 11.8. The quantitative estimate of drug-likeness (QED) is 0.761. The summed E-state index contributed by atoms with van der Waals surface area (Å²) < 4.78 is 22.6. The third-order valence-corrected chi connectivity index (χ3v) is 4.57. The third kappa shape index (κ3) is 2.47. The minimum Gasteiger partial charge on any atom is -0.397 e. The van der Waals surface area contributed by atoms with E-state index in [0.717, 1.165) is 11.3 Å². The number of rotatable bonds is 2. The van der Waals surface area contributed by atoms with Crippen LogP contribution in [0, 0.1) is 6.92 Å². The van der Waals surface area contributed by atoms with Gasteiger partial charge in [-0.3, -0.25) is 0 Å². The Morgan fingerprint density at radius 1 is 1.44 bits per heavy atom. The molecule has 0 saturated carbocycles. The number of nitrogen functional groups attached to an aromatic ring is 1. The fourth-order valence-corrected chi connectivity index (χ4v) is 3.62. The van der Waals surface area contributed by atoms with Crippen molar-refractivity contribution in [1.82, 2.24) is 0 Å². The van der Waals surface area contributed by atoms with Gasteiger partial charge in [0.15, 0.2) is 9.84 Å². The Labute approximate surface area is 95.8 Å². The average Bonchev–Trinajstić information content (AvgIpc) is 2.51. The molecule has 1 aromatic carbocycles. The van der Waals surface area contributed by atoms with Crippen LogP contribution in [0.4, 0.5) is 11.4 Å². The van der Waals surface area contributed by atoms with Gasteiger partial charge >= 0.3 is 0 Å². The van der Waals surface area contributed by atoms with Crippen LogP contribution in [0.25, 0.3) is 0 Å². The Kier molecular flexibility index (Phi) is 2.80. The number of nitrogens with one attached hydrogen (secondary N) is 1. The van der Waals surface area contributed by atoms with Crippen molar-refractivity contribution < 1.29 is 8.42 Å². The smallest absolute Gasteiger partial charge is 0.152 e. The molecule has 1 aliphatic heterocycles. The predicted octanol–water partition coefficient (Wildman–Crippen LogP) is 1.18. The highest BCUT2D eigenvalue weighted by molar-refractivity contribution is 7.91. The summed E-state index contributed by atoms with van der Waals surface area (Å²) in [6.45, 7) is 1.97. The van der Waals surface area contributed by atoms with Gasteiger partial charge in [0.2, 0.25) is 0 Å². The molecule has 1 heterocycles. The monoisotopic (exact) mass is 240 g/mol. The van der Waals surface area contributed by atoms with Crippen LogP contribution >= 0.6 is 0 Å². The fourth-order valence-electron chi connectivity index (χ4n) is 1.94. The van der Waals surface area contributed by atoms with Crippen molar-refractivity contribution in [3.63, 3.8) is 0 Å². The standard InChI is InChI=1S/C11H16N2O2S/c1-8-2-3-11(10(12)6-8)13-9-4-5-16(14,15)7-9/h2-3,6,9,13H,4-5,7,12H2,1H3. The first-order valence-electron chi connectivity index (χ1n) is 5.29. The molecule has 0 amide bonds. The zero-order valence-electron chi connectivity index (χ0n) is 9.23. The molecule has 3 N–H and O–H groups in total. The lowest BCUT2D eigenvalue weighted by atomic mass is 10.1. The Morgan fingerprint density at radius 3 is 2.75 bits per heavy atom. The number of nitrogens with two attached hydrogens (primary N) is 1. The minimum absolute atomic E-state index is 0.00462. The van der Waals surface area contributed by atoms with E-state index in [4.69, 9.17) is 5.73 Å². The van der Waals surface area contributed by atoms with Crippen LogP contribution in [0.2, 0.25) is 0 Å². The first kappa shape index (κ1) is 11.3. The van der Waals surface area contributed by atoms with Gasteiger partial charge in [0.1, 0.15) is 0 Å².